The zero-order chi connectivity index (χ0) is 20.3. The predicted octanol–water partition coefficient (Wildman–Crippen LogP) is 6.28. The van der Waals surface area contributed by atoms with Crippen LogP contribution in [0.3, 0.4) is 0 Å². The molecule has 4 aromatic rings. The quantitative estimate of drug-likeness (QED) is 0.395. The van der Waals surface area contributed by atoms with E-state index in [1.165, 1.54) is 25.6 Å². The van der Waals surface area contributed by atoms with Crippen molar-refractivity contribution in [2.45, 2.75) is 38.2 Å². The third-order valence-corrected chi connectivity index (χ3v) is 5.70. The molecule has 5 rings (SSSR count). The van der Waals surface area contributed by atoms with Gasteiger partial charge in [-0.25, -0.2) is 9.97 Å². The Morgan fingerprint density at radius 2 is 1.63 bits per heavy atom. The molecule has 0 N–H and O–H groups in total. The van der Waals surface area contributed by atoms with Crippen LogP contribution in [0, 0.1) is 0 Å². The Morgan fingerprint density at radius 3 is 2.37 bits per heavy atom. The van der Waals surface area contributed by atoms with E-state index >= 15 is 0 Å². The van der Waals surface area contributed by atoms with Crippen LogP contribution in [0.1, 0.15) is 32.1 Å². The van der Waals surface area contributed by atoms with Crippen LogP contribution in [-0.4, -0.2) is 23.2 Å². The number of hydrogen-bond acceptors (Lipinski definition) is 5. The third-order valence-electron chi connectivity index (χ3n) is 5.70. The van der Waals surface area contributed by atoms with Gasteiger partial charge in [-0.05, 0) is 43.4 Å². The van der Waals surface area contributed by atoms with Gasteiger partial charge in [0, 0.05) is 11.1 Å². The number of rotatable bonds is 5. The Morgan fingerprint density at radius 1 is 0.867 bits per heavy atom. The van der Waals surface area contributed by atoms with Crippen molar-refractivity contribution in [2.75, 3.05) is 7.11 Å². The molecule has 152 valence electrons. The van der Waals surface area contributed by atoms with Gasteiger partial charge in [0.1, 0.15) is 29.3 Å². The summed E-state index contributed by atoms with van der Waals surface area (Å²) in [4.78, 5) is 8.93. The molecule has 30 heavy (non-hydrogen) atoms. The molecule has 0 bridgehead atoms. The van der Waals surface area contributed by atoms with Crippen molar-refractivity contribution in [3.8, 4) is 34.1 Å². The number of fused-ring (bicyclic) bond motifs is 1. The van der Waals surface area contributed by atoms with Gasteiger partial charge >= 0.3 is 0 Å². The Bertz CT molecular complexity index is 1130. The molecule has 1 aliphatic carbocycles. The Kier molecular flexibility index (Phi) is 5.10. The average Bonchev–Trinajstić information content (AvgIpc) is 3.21. The van der Waals surface area contributed by atoms with Crippen LogP contribution in [0.2, 0.25) is 0 Å². The van der Waals surface area contributed by atoms with Crippen molar-refractivity contribution in [1.82, 2.24) is 9.97 Å². The van der Waals surface area contributed by atoms with Crippen LogP contribution >= 0.6 is 0 Å². The molecule has 0 unspecified atom stereocenters. The van der Waals surface area contributed by atoms with Crippen LogP contribution in [0.15, 0.2) is 65.3 Å². The molecule has 5 heteroatoms. The van der Waals surface area contributed by atoms with Crippen molar-refractivity contribution in [3.05, 3.63) is 60.9 Å². The maximum absolute atomic E-state index is 6.39. The molecule has 1 saturated carbocycles. The zero-order valence-corrected chi connectivity index (χ0v) is 17.0. The lowest BCUT2D eigenvalue weighted by molar-refractivity contribution is 0.151. The smallest absolute Gasteiger partial charge is 0.234 e. The molecule has 0 radical (unpaired) electrons. The van der Waals surface area contributed by atoms with E-state index in [2.05, 4.69) is 9.97 Å². The molecule has 0 atom stereocenters. The molecular formula is C25H24N2O3. The summed E-state index contributed by atoms with van der Waals surface area (Å²) in [5.41, 5.74) is 3.49. The monoisotopic (exact) mass is 400 g/mol. The van der Waals surface area contributed by atoms with E-state index in [1.54, 1.807) is 7.11 Å². The second kappa shape index (κ2) is 8.19. The van der Waals surface area contributed by atoms with E-state index in [0.29, 0.717) is 11.6 Å². The van der Waals surface area contributed by atoms with Crippen LogP contribution in [-0.2, 0) is 0 Å². The maximum Gasteiger partial charge on any atom is 0.234 e. The molecule has 0 saturated heterocycles. The lowest BCUT2D eigenvalue weighted by atomic mass is 9.97. The van der Waals surface area contributed by atoms with Crippen molar-refractivity contribution >= 4 is 11.1 Å². The summed E-state index contributed by atoms with van der Waals surface area (Å²) >= 11 is 0. The number of methoxy groups -OCH3 is 1. The largest absolute Gasteiger partial charge is 0.497 e. The van der Waals surface area contributed by atoms with Gasteiger partial charge in [0.15, 0.2) is 0 Å². The second-order valence-electron chi connectivity index (χ2n) is 7.64. The van der Waals surface area contributed by atoms with Gasteiger partial charge < -0.3 is 13.9 Å². The highest BCUT2D eigenvalue weighted by atomic mass is 16.5. The van der Waals surface area contributed by atoms with Crippen molar-refractivity contribution < 1.29 is 13.9 Å². The Balaban J connectivity index is 1.70. The summed E-state index contributed by atoms with van der Waals surface area (Å²) in [5.74, 6) is 2.18. The van der Waals surface area contributed by atoms with Gasteiger partial charge in [0.25, 0.3) is 0 Å². The summed E-state index contributed by atoms with van der Waals surface area (Å²) in [6.45, 7) is 0. The number of ether oxygens (including phenoxy) is 2. The number of furan rings is 1. The first-order valence-corrected chi connectivity index (χ1v) is 10.5. The van der Waals surface area contributed by atoms with Gasteiger partial charge in [0.05, 0.1) is 7.11 Å². The second-order valence-corrected chi connectivity index (χ2v) is 7.64. The topological polar surface area (TPSA) is 57.4 Å². The lowest BCUT2D eigenvalue weighted by Crippen LogP contribution is -2.20. The number of nitrogens with zero attached hydrogens (tertiary/aromatic N) is 2. The van der Waals surface area contributed by atoms with Gasteiger partial charge in [-0.15, -0.1) is 0 Å². The van der Waals surface area contributed by atoms with E-state index in [-0.39, 0.29) is 6.10 Å². The molecule has 2 heterocycles. The SMILES string of the molecule is COc1ccc(-c2c(-c3ccccc3)oc3ncnc(OC4CCCCC4)c23)cc1. The first kappa shape index (κ1) is 18.7. The van der Waals surface area contributed by atoms with Gasteiger partial charge in [-0.2, -0.15) is 0 Å². The van der Waals surface area contributed by atoms with E-state index in [9.17, 15) is 0 Å². The van der Waals surface area contributed by atoms with Crippen molar-refractivity contribution in [3.63, 3.8) is 0 Å². The molecule has 0 aliphatic heterocycles. The first-order chi connectivity index (χ1) is 14.8. The van der Waals surface area contributed by atoms with Gasteiger partial charge in [0.2, 0.25) is 11.6 Å². The van der Waals surface area contributed by atoms with Crippen LogP contribution in [0.4, 0.5) is 0 Å². The summed E-state index contributed by atoms with van der Waals surface area (Å²) in [5, 5.41) is 0.826. The molecule has 0 amide bonds. The van der Waals surface area contributed by atoms with Crippen LogP contribution < -0.4 is 9.47 Å². The highest BCUT2D eigenvalue weighted by Gasteiger charge is 2.25. The van der Waals surface area contributed by atoms with Crippen LogP contribution in [0.5, 0.6) is 11.6 Å². The standard InChI is InChI=1S/C25H24N2O3/c1-28-19-14-12-17(13-15-19)21-22-24(29-20-10-6-3-7-11-20)26-16-27-25(22)30-23(21)18-8-4-2-5-9-18/h2,4-5,8-9,12-16,20H,3,6-7,10-11H2,1H3. The Labute approximate surface area is 175 Å². The van der Waals surface area contributed by atoms with E-state index in [4.69, 9.17) is 13.9 Å². The fourth-order valence-electron chi connectivity index (χ4n) is 4.16. The van der Waals surface area contributed by atoms with Gasteiger partial charge in [-0.1, -0.05) is 48.9 Å². The molecule has 5 nitrogen and oxygen atoms in total. The van der Waals surface area contributed by atoms with Crippen molar-refractivity contribution in [1.29, 1.82) is 0 Å². The zero-order valence-electron chi connectivity index (χ0n) is 17.0. The molecule has 0 spiro atoms. The molecule has 1 aliphatic rings. The minimum Gasteiger partial charge on any atom is -0.497 e. The summed E-state index contributed by atoms with van der Waals surface area (Å²) in [6, 6.07) is 18.1. The predicted molar refractivity (Wildman–Crippen MR) is 117 cm³/mol. The van der Waals surface area contributed by atoms with Gasteiger partial charge in [-0.3, -0.25) is 0 Å². The normalized spacial score (nSPS) is 14.7. The lowest BCUT2D eigenvalue weighted by Gasteiger charge is -2.22. The minimum atomic E-state index is 0.190. The third kappa shape index (κ3) is 3.52. The molecular weight excluding hydrogens is 376 g/mol. The number of hydrogen-bond donors (Lipinski definition) is 0. The van der Waals surface area contributed by atoms with E-state index in [1.807, 2.05) is 54.6 Å². The average molecular weight is 400 g/mol. The first-order valence-electron chi connectivity index (χ1n) is 10.5. The fraction of sp³-hybridized carbons (Fsp3) is 0.280. The highest BCUT2D eigenvalue weighted by molar-refractivity contribution is 6.03. The summed E-state index contributed by atoms with van der Waals surface area (Å²) in [6.07, 6.45) is 7.52. The summed E-state index contributed by atoms with van der Waals surface area (Å²) in [7, 11) is 1.67. The summed E-state index contributed by atoms with van der Waals surface area (Å²) < 4.78 is 18.0. The van der Waals surface area contributed by atoms with Crippen LogP contribution in [0.25, 0.3) is 33.6 Å². The molecule has 2 aromatic carbocycles. The number of benzene rings is 2. The highest BCUT2D eigenvalue weighted by Crippen LogP contribution is 2.44. The maximum atomic E-state index is 6.39. The number of aromatic nitrogens is 2. The van der Waals surface area contributed by atoms with E-state index < -0.39 is 0 Å². The Hall–Kier alpha value is -3.34. The van der Waals surface area contributed by atoms with Crippen molar-refractivity contribution in [2.24, 2.45) is 0 Å². The fourth-order valence-corrected chi connectivity index (χ4v) is 4.16. The molecule has 2 aromatic heterocycles. The molecule has 1 fully saturated rings. The van der Waals surface area contributed by atoms with E-state index in [0.717, 1.165) is 46.4 Å². The minimum absolute atomic E-state index is 0.190.